The van der Waals surface area contributed by atoms with Crippen LogP contribution < -0.4 is 9.88 Å². The van der Waals surface area contributed by atoms with Crippen LogP contribution in [0.3, 0.4) is 0 Å². The minimum absolute atomic E-state index is 0.163. The van der Waals surface area contributed by atoms with Gasteiger partial charge in [0.25, 0.3) is 10.0 Å². The molecular formula is C16H11BrN4O3S2. The largest absolute Gasteiger partial charge is 0.456 e. The lowest BCUT2D eigenvalue weighted by Gasteiger charge is -2.07. The van der Waals surface area contributed by atoms with Crippen LogP contribution in [0.5, 0.6) is 11.5 Å². The Kier molecular flexibility index (Phi) is 4.27. The van der Waals surface area contributed by atoms with Crippen LogP contribution in [0.2, 0.25) is 0 Å². The summed E-state index contributed by atoms with van der Waals surface area (Å²) in [7, 11) is -3.82. The van der Waals surface area contributed by atoms with E-state index < -0.39 is 10.0 Å². The fourth-order valence-electron chi connectivity index (χ4n) is 2.28. The number of sulfonamides is 1. The number of hydrogen-bond acceptors (Lipinski definition) is 6. The minimum atomic E-state index is -3.82. The molecule has 0 fully saturated rings. The number of halogens is 1. The Morgan fingerprint density at radius 3 is 2.50 bits per heavy atom. The van der Waals surface area contributed by atoms with Gasteiger partial charge in [-0.1, -0.05) is 23.5 Å². The maximum atomic E-state index is 11.3. The smallest absolute Gasteiger partial charge is 0.267 e. The summed E-state index contributed by atoms with van der Waals surface area (Å²) in [6.45, 7) is 0. The molecule has 0 aliphatic rings. The highest BCUT2D eigenvalue weighted by Gasteiger charge is 2.17. The topological polar surface area (TPSA) is 99.6 Å². The quantitative estimate of drug-likeness (QED) is 0.511. The van der Waals surface area contributed by atoms with E-state index in [2.05, 4.69) is 26.0 Å². The van der Waals surface area contributed by atoms with Crippen LogP contribution in [-0.4, -0.2) is 23.0 Å². The van der Waals surface area contributed by atoms with Crippen molar-refractivity contribution in [1.29, 1.82) is 0 Å². The average Bonchev–Trinajstić information content (AvgIpc) is 3.16. The van der Waals surface area contributed by atoms with Crippen molar-refractivity contribution in [2.75, 3.05) is 0 Å². The molecule has 0 radical (unpaired) electrons. The second-order valence-corrected chi connectivity index (χ2v) is 8.87. The van der Waals surface area contributed by atoms with Crippen molar-refractivity contribution in [2.45, 2.75) is 4.34 Å². The van der Waals surface area contributed by atoms with Crippen molar-refractivity contribution in [1.82, 2.24) is 14.6 Å². The maximum Gasteiger partial charge on any atom is 0.267 e. The summed E-state index contributed by atoms with van der Waals surface area (Å²) in [6, 6.07) is 15.0. The zero-order valence-corrected chi connectivity index (χ0v) is 16.3. The normalized spacial score (nSPS) is 11.8. The average molecular weight is 451 g/mol. The molecule has 4 rings (SSSR count). The van der Waals surface area contributed by atoms with Gasteiger partial charge in [0.2, 0.25) is 9.30 Å². The van der Waals surface area contributed by atoms with Crippen molar-refractivity contribution in [2.24, 2.45) is 5.14 Å². The lowest BCUT2D eigenvalue weighted by atomic mass is 10.2. The number of nitrogens with zero attached hydrogens (tertiary/aromatic N) is 3. The first-order valence-corrected chi connectivity index (χ1v) is 10.5. The summed E-state index contributed by atoms with van der Waals surface area (Å²) in [5.74, 6) is 1.42. The summed E-state index contributed by atoms with van der Waals surface area (Å²) < 4.78 is 30.6. The lowest BCUT2D eigenvalue weighted by molar-refractivity contribution is 0.479. The summed E-state index contributed by atoms with van der Waals surface area (Å²) in [4.78, 5) is 4.85. The molecule has 2 heterocycles. The molecule has 2 N–H and O–H groups in total. The van der Waals surface area contributed by atoms with E-state index in [0.29, 0.717) is 16.4 Å². The van der Waals surface area contributed by atoms with Crippen molar-refractivity contribution in [3.05, 3.63) is 59.2 Å². The molecule has 0 aliphatic carbocycles. The number of para-hydroxylation sites is 1. The number of fused-ring (bicyclic) bond motifs is 1. The molecule has 26 heavy (non-hydrogen) atoms. The number of benzene rings is 2. The van der Waals surface area contributed by atoms with Crippen LogP contribution in [0.25, 0.3) is 16.2 Å². The molecule has 0 aliphatic heterocycles. The summed E-state index contributed by atoms with van der Waals surface area (Å²) in [5.41, 5.74) is 1.54. The van der Waals surface area contributed by atoms with Gasteiger partial charge in [-0.25, -0.2) is 23.1 Å². The molecule has 0 unspecified atom stereocenters. The van der Waals surface area contributed by atoms with E-state index in [1.807, 2.05) is 48.5 Å². The van der Waals surface area contributed by atoms with Gasteiger partial charge >= 0.3 is 0 Å². The first-order valence-electron chi connectivity index (χ1n) is 7.32. The van der Waals surface area contributed by atoms with E-state index in [1.165, 1.54) is 4.52 Å². The van der Waals surface area contributed by atoms with Gasteiger partial charge in [0.05, 0.1) is 16.4 Å². The Balaban J connectivity index is 1.59. The zero-order chi connectivity index (χ0) is 18.3. The Hall–Kier alpha value is -2.27. The number of nitrogens with two attached hydrogens (primary N) is 1. The monoisotopic (exact) mass is 450 g/mol. The second-order valence-electron chi connectivity index (χ2n) is 5.32. The van der Waals surface area contributed by atoms with Crippen LogP contribution >= 0.6 is 27.3 Å². The van der Waals surface area contributed by atoms with Crippen LogP contribution in [0.1, 0.15) is 0 Å². The molecule has 0 saturated carbocycles. The SMILES string of the molecule is NS(=O)(=O)c1nn2cc(-c3ccc(Oc4ccccc4Br)cc3)nc2s1. The number of hydrogen-bond donors (Lipinski definition) is 1. The number of rotatable bonds is 4. The van der Waals surface area contributed by atoms with E-state index in [0.717, 1.165) is 27.1 Å². The predicted molar refractivity (Wildman–Crippen MR) is 102 cm³/mol. The molecule has 2 aromatic heterocycles. The second kappa shape index (κ2) is 6.47. The highest BCUT2D eigenvalue weighted by atomic mass is 79.9. The van der Waals surface area contributed by atoms with Gasteiger partial charge in [-0.2, -0.15) is 0 Å². The molecule has 7 nitrogen and oxygen atoms in total. The van der Waals surface area contributed by atoms with Gasteiger partial charge < -0.3 is 4.74 Å². The van der Waals surface area contributed by atoms with E-state index in [-0.39, 0.29) is 4.34 Å². The highest BCUT2D eigenvalue weighted by Crippen LogP contribution is 2.31. The highest BCUT2D eigenvalue weighted by molar-refractivity contribution is 9.10. The van der Waals surface area contributed by atoms with Crippen molar-refractivity contribution < 1.29 is 13.2 Å². The summed E-state index contributed by atoms with van der Waals surface area (Å²) in [5, 5.41) is 9.02. The third-order valence-electron chi connectivity index (χ3n) is 3.48. The zero-order valence-electron chi connectivity index (χ0n) is 13.0. The fourth-order valence-corrected chi connectivity index (χ4v) is 4.16. The first-order chi connectivity index (χ1) is 12.4. The third-order valence-corrected chi connectivity index (χ3v) is 6.37. The Bertz CT molecular complexity index is 1170. The molecule has 0 bridgehead atoms. The van der Waals surface area contributed by atoms with Crippen molar-refractivity contribution >= 4 is 42.3 Å². The Labute approximate surface area is 161 Å². The van der Waals surface area contributed by atoms with Gasteiger partial charge in [-0.3, -0.25) is 0 Å². The van der Waals surface area contributed by atoms with Crippen molar-refractivity contribution in [3.63, 3.8) is 0 Å². The van der Waals surface area contributed by atoms with Crippen LogP contribution in [0, 0.1) is 0 Å². The van der Waals surface area contributed by atoms with Gasteiger partial charge in [0.15, 0.2) is 0 Å². The molecule has 0 amide bonds. The molecule has 0 atom stereocenters. The minimum Gasteiger partial charge on any atom is -0.456 e. The number of primary sulfonamides is 1. The Morgan fingerprint density at radius 1 is 1.12 bits per heavy atom. The third kappa shape index (κ3) is 3.36. The number of aromatic nitrogens is 3. The Morgan fingerprint density at radius 2 is 1.85 bits per heavy atom. The van der Waals surface area contributed by atoms with Crippen molar-refractivity contribution in [3.8, 4) is 22.8 Å². The van der Waals surface area contributed by atoms with Gasteiger partial charge in [0.1, 0.15) is 11.5 Å². The summed E-state index contributed by atoms with van der Waals surface area (Å²) >= 11 is 4.37. The standard InChI is InChI=1S/C16H11BrN4O3S2/c17-12-3-1-2-4-14(12)24-11-7-5-10(6-8-11)13-9-21-15(19-13)25-16(20-21)26(18,22)23/h1-9H,(H2,18,22,23). The van der Waals surface area contributed by atoms with E-state index >= 15 is 0 Å². The molecular weight excluding hydrogens is 440 g/mol. The number of ether oxygens (including phenoxy) is 1. The molecule has 0 spiro atoms. The van der Waals surface area contributed by atoms with Crippen LogP contribution in [0.15, 0.2) is 63.5 Å². The van der Waals surface area contributed by atoms with Crippen LogP contribution in [-0.2, 0) is 10.0 Å². The van der Waals surface area contributed by atoms with Crippen LogP contribution in [0.4, 0.5) is 0 Å². The predicted octanol–water partition coefficient (Wildman–Crippen LogP) is 3.66. The van der Waals surface area contributed by atoms with E-state index in [1.54, 1.807) is 6.20 Å². The first kappa shape index (κ1) is 17.2. The van der Waals surface area contributed by atoms with Gasteiger partial charge in [0, 0.05) is 5.56 Å². The molecule has 4 aromatic rings. The molecule has 0 saturated heterocycles. The molecule has 10 heteroatoms. The fraction of sp³-hybridized carbons (Fsp3) is 0. The lowest BCUT2D eigenvalue weighted by Crippen LogP contribution is -2.12. The summed E-state index contributed by atoms with van der Waals surface area (Å²) in [6.07, 6.45) is 1.66. The van der Waals surface area contributed by atoms with Gasteiger partial charge in [-0.05, 0) is 52.3 Å². The van der Waals surface area contributed by atoms with Gasteiger partial charge in [-0.15, -0.1) is 5.10 Å². The molecule has 132 valence electrons. The maximum absolute atomic E-state index is 11.3. The molecule has 2 aromatic carbocycles. The van der Waals surface area contributed by atoms with E-state index in [4.69, 9.17) is 9.88 Å². The van der Waals surface area contributed by atoms with E-state index in [9.17, 15) is 8.42 Å². The number of imidazole rings is 1.